The van der Waals surface area contributed by atoms with Crippen LogP contribution in [0.25, 0.3) is 0 Å². The van der Waals surface area contributed by atoms with Crippen LogP contribution in [0.15, 0.2) is 0 Å². The van der Waals surface area contributed by atoms with Gasteiger partial charge in [0.25, 0.3) is 0 Å². The second kappa shape index (κ2) is 6.02. The summed E-state index contributed by atoms with van der Waals surface area (Å²) in [5.41, 5.74) is 0.463. The fraction of sp³-hybridized carbons (Fsp3) is 0.938. The first-order chi connectivity index (χ1) is 9.32. The normalized spacial score (nSPS) is 34.8. The molecular formula is C16H31N3O. The molecule has 1 saturated heterocycles. The van der Waals surface area contributed by atoms with Crippen molar-refractivity contribution in [2.24, 2.45) is 11.3 Å². The second-order valence-electron chi connectivity index (χ2n) is 7.64. The van der Waals surface area contributed by atoms with E-state index < -0.39 is 0 Å². The summed E-state index contributed by atoms with van der Waals surface area (Å²) in [5, 5.41) is 3.38. The topological polar surface area (TPSA) is 35.6 Å². The molecule has 1 heterocycles. The molecule has 20 heavy (non-hydrogen) atoms. The molecule has 2 fully saturated rings. The van der Waals surface area contributed by atoms with Gasteiger partial charge in [0.15, 0.2) is 0 Å². The van der Waals surface area contributed by atoms with E-state index in [-0.39, 0.29) is 11.9 Å². The van der Waals surface area contributed by atoms with Gasteiger partial charge in [-0.2, -0.15) is 0 Å². The van der Waals surface area contributed by atoms with Crippen LogP contribution in [0.2, 0.25) is 0 Å². The molecule has 0 aromatic carbocycles. The van der Waals surface area contributed by atoms with Crippen LogP contribution in [-0.4, -0.2) is 61.5 Å². The summed E-state index contributed by atoms with van der Waals surface area (Å²) in [4.78, 5) is 16.7. The molecule has 1 saturated carbocycles. The van der Waals surface area contributed by atoms with Crippen molar-refractivity contribution in [3.63, 3.8) is 0 Å². The second-order valence-corrected chi connectivity index (χ2v) is 7.64. The Morgan fingerprint density at radius 3 is 2.65 bits per heavy atom. The molecule has 0 aromatic heterocycles. The summed E-state index contributed by atoms with van der Waals surface area (Å²) < 4.78 is 0. The zero-order chi connectivity index (χ0) is 14.9. The van der Waals surface area contributed by atoms with Gasteiger partial charge < -0.3 is 10.2 Å². The minimum absolute atomic E-state index is 0.0208. The number of rotatable bonds is 2. The SMILES string of the molecule is CC1CC(C)(C)CCC1N1CCNCC1C(=O)N(C)C. The van der Waals surface area contributed by atoms with Crippen molar-refractivity contribution in [1.29, 1.82) is 0 Å². The van der Waals surface area contributed by atoms with E-state index in [0.29, 0.717) is 17.4 Å². The van der Waals surface area contributed by atoms with E-state index in [0.717, 1.165) is 19.6 Å². The molecule has 0 spiro atoms. The Kier molecular flexibility index (Phi) is 4.75. The molecule has 2 rings (SSSR count). The number of carbonyl (C=O) groups excluding carboxylic acids is 1. The average molecular weight is 281 g/mol. The van der Waals surface area contributed by atoms with Crippen LogP contribution >= 0.6 is 0 Å². The molecule has 1 aliphatic carbocycles. The number of hydrogen-bond donors (Lipinski definition) is 1. The molecule has 0 aromatic rings. The molecular weight excluding hydrogens is 250 g/mol. The minimum Gasteiger partial charge on any atom is -0.347 e. The number of likely N-dealkylation sites (N-methyl/N-ethyl adjacent to an activating group) is 1. The van der Waals surface area contributed by atoms with Gasteiger partial charge in [0.1, 0.15) is 6.04 Å². The van der Waals surface area contributed by atoms with Gasteiger partial charge in [0.05, 0.1) is 0 Å². The molecule has 0 radical (unpaired) electrons. The maximum absolute atomic E-state index is 12.4. The van der Waals surface area contributed by atoms with Crippen LogP contribution in [0.3, 0.4) is 0 Å². The van der Waals surface area contributed by atoms with Crippen LogP contribution in [0.4, 0.5) is 0 Å². The maximum atomic E-state index is 12.4. The summed E-state index contributed by atoms with van der Waals surface area (Å²) >= 11 is 0. The van der Waals surface area contributed by atoms with Gasteiger partial charge >= 0.3 is 0 Å². The van der Waals surface area contributed by atoms with Crippen molar-refractivity contribution in [3.05, 3.63) is 0 Å². The van der Waals surface area contributed by atoms with Gasteiger partial charge in [-0.25, -0.2) is 0 Å². The van der Waals surface area contributed by atoms with E-state index in [1.165, 1.54) is 19.3 Å². The van der Waals surface area contributed by atoms with E-state index >= 15 is 0 Å². The van der Waals surface area contributed by atoms with Gasteiger partial charge in [0, 0.05) is 39.8 Å². The largest absolute Gasteiger partial charge is 0.347 e. The zero-order valence-corrected chi connectivity index (χ0v) is 13.8. The number of piperazine rings is 1. The first kappa shape index (κ1) is 15.8. The molecule has 4 heteroatoms. The molecule has 116 valence electrons. The highest BCUT2D eigenvalue weighted by Crippen LogP contribution is 2.41. The highest BCUT2D eigenvalue weighted by Gasteiger charge is 2.40. The van der Waals surface area contributed by atoms with Gasteiger partial charge in [-0.15, -0.1) is 0 Å². The van der Waals surface area contributed by atoms with Crippen molar-refractivity contribution in [1.82, 2.24) is 15.1 Å². The maximum Gasteiger partial charge on any atom is 0.240 e. The Bertz CT molecular complexity index is 354. The molecule has 0 bridgehead atoms. The number of amides is 1. The summed E-state index contributed by atoms with van der Waals surface area (Å²) in [6.45, 7) is 9.91. The smallest absolute Gasteiger partial charge is 0.240 e. The summed E-state index contributed by atoms with van der Waals surface area (Å²) in [6, 6.07) is 0.589. The Morgan fingerprint density at radius 2 is 2.05 bits per heavy atom. The first-order valence-corrected chi connectivity index (χ1v) is 7.99. The number of hydrogen-bond acceptors (Lipinski definition) is 3. The summed E-state index contributed by atoms with van der Waals surface area (Å²) in [5.74, 6) is 0.920. The van der Waals surface area contributed by atoms with Gasteiger partial charge in [-0.1, -0.05) is 20.8 Å². The lowest BCUT2D eigenvalue weighted by Gasteiger charge is -2.48. The Morgan fingerprint density at radius 1 is 1.35 bits per heavy atom. The third-order valence-corrected chi connectivity index (χ3v) is 5.08. The molecule has 3 atom stereocenters. The van der Waals surface area contributed by atoms with Crippen LogP contribution in [0, 0.1) is 11.3 Å². The molecule has 3 unspecified atom stereocenters. The van der Waals surface area contributed by atoms with E-state index in [9.17, 15) is 4.79 Å². The van der Waals surface area contributed by atoms with Gasteiger partial charge in [0.2, 0.25) is 5.91 Å². The van der Waals surface area contributed by atoms with Crippen LogP contribution in [0.5, 0.6) is 0 Å². The monoisotopic (exact) mass is 281 g/mol. The lowest BCUT2D eigenvalue weighted by Crippen LogP contribution is -2.62. The highest BCUT2D eigenvalue weighted by atomic mass is 16.2. The molecule has 4 nitrogen and oxygen atoms in total. The lowest BCUT2D eigenvalue weighted by atomic mass is 9.70. The van der Waals surface area contributed by atoms with Crippen LogP contribution < -0.4 is 5.32 Å². The van der Waals surface area contributed by atoms with Crippen molar-refractivity contribution < 1.29 is 4.79 Å². The van der Waals surface area contributed by atoms with Crippen molar-refractivity contribution in [2.75, 3.05) is 33.7 Å². The summed E-state index contributed by atoms with van der Waals surface area (Å²) in [7, 11) is 3.73. The number of nitrogens with zero attached hydrogens (tertiary/aromatic N) is 2. The fourth-order valence-corrected chi connectivity index (χ4v) is 4.07. The quantitative estimate of drug-likeness (QED) is 0.834. The standard InChI is InChI=1S/C16H31N3O/c1-12-10-16(2,3)7-6-13(12)19-9-8-17-11-14(19)15(20)18(4)5/h12-14,17H,6-11H2,1-5H3. The average Bonchev–Trinajstić information content (AvgIpc) is 2.37. The highest BCUT2D eigenvalue weighted by molar-refractivity contribution is 5.81. The van der Waals surface area contributed by atoms with Crippen LogP contribution in [0.1, 0.15) is 40.0 Å². The van der Waals surface area contributed by atoms with E-state index in [2.05, 4.69) is 31.0 Å². The zero-order valence-electron chi connectivity index (χ0n) is 13.8. The molecule has 1 amide bonds. The first-order valence-electron chi connectivity index (χ1n) is 7.99. The van der Waals surface area contributed by atoms with E-state index in [1.54, 1.807) is 4.90 Å². The Balaban J connectivity index is 2.10. The van der Waals surface area contributed by atoms with Crippen LogP contribution in [-0.2, 0) is 4.79 Å². The molecule has 1 N–H and O–H groups in total. The minimum atomic E-state index is 0.0208. The van der Waals surface area contributed by atoms with E-state index in [4.69, 9.17) is 0 Å². The Labute approximate surface area is 123 Å². The number of carbonyl (C=O) groups is 1. The Hall–Kier alpha value is -0.610. The predicted octanol–water partition coefficient (Wildman–Crippen LogP) is 1.56. The van der Waals surface area contributed by atoms with Crippen molar-refractivity contribution in [3.8, 4) is 0 Å². The van der Waals surface area contributed by atoms with Gasteiger partial charge in [-0.05, 0) is 30.6 Å². The third kappa shape index (κ3) is 3.34. The molecule has 2 aliphatic rings. The third-order valence-electron chi connectivity index (χ3n) is 5.08. The fourth-order valence-electron chi connectivity index (χ4n) is 4.07. The lowest BCUT2D eigenvalue weighted by molar-refractivity contribution is -0.137. The van der Waals surface area contributed by atoms with Crippen molar-refractivity contribution >= 4 is 5.91 Å². The van der Waals surface area contributed by atoms with E-state index in [1.807, 2.05) is 14.1 Å². The summed E-state index contributed by atoms with van der Waals surface area (Å²) in [6.07, 6.45) is 3.77. The van der Waals surface area contributed by atoms with Crippen molar-refractivity contribution in [2.45, 2.75) is 52.1 Å². The number of nitrogens with one attached hydrogen (secondary N) is 1. The molecule has 1 aliphatic heterocycles. The van der Waals surface area contributed by atoms with Gasteiger partial charge in [-0.3, -0.25) is 9.69 Å². The predicted molar refractivity (Wildman–Crippen MR) is 82.6 cm³/mol.